The smallest absolute Gasteiger partial charge is 0.262 e. The maximum Gasteiger partial charge on any atom is 0.262 e. The van der Waals surface area contributed by atoms with E-state index in [0.29, 0.717) is 23.0 Å². The molecule has 2 aromatic rings. The van der Waals surface area contributed by atoms with Crippen LogP contribution in [0.25, 0.3) is 0 Å². The predicted octanol–water partition coefficient (Wildman–Crippen LogP) is 4.14. The number of rotatable bonds is 5. The van der Waals surface area contributed by atoms with Gasteiger partial charge in [-0.2, -0.15) is 0 Å². The zero-order valence-electron chi connectivity index (χ0n) is 13.6. The number of amides is 1. The lowest BCUT2D eigenvalue weighted by molar-refractivity contribution is -0.118. The van der Waals surface area contributed by atoms with Crippen molar-refractivity contribution in [2.24, 2.45) is 0 Å². The molecule has 3 N–H and O–H groups in total. The molecule has 124 valence electrons. The lowest BCUT2D eigenvalue weighted by atomic mass is 9.98. The number of anilines is 2. The Balaban J connectivity index is 0.00000264. The molecule has 0 aromatic heterocycles. The normalized spacial score (nSPS) is 10.1. The highest BCUT2D eigenvalue weighted by Crippen LogP contribution is 2.23. The Morgan fingerprint density at radius 1 is 1.22 bits per heavy atom. The number of aryl methyl sites for hydroxylation is 1. The van der Waals surface area contributed by atoms with Gasteiger partial charge in [0.05, 0.1) is 11.4 Å². The number of benzene rings is 2. The molecule has 0 heterocycles. The van der Waals surface area contributed by atoms with Gasteiger partial charge in [-0.05, 0) is 48.2 Å². The van der Waals surface area contributed by atoms with Crippen molar-refractivity contribution in [3.63, 3.8) is 0 Å². The van der Waals surface area contributed by atoms with E-state index < -0.39 is 0 Å². The van der Waals surface area contributed by atoms with Crippen molar-refractivity contribution in [3.05, 3.63) is 53.6 Å². The molecule has 0 atom stereocenters. The predicted molar refractivity (Wildman–Crippen MR) is 97.5 cm³/mol. The Morgan fingerprint density at radius 2 is 1.91 bits per heavy atom. The lowest BCUT2D eigenvalue weighted by Gasteiger charge is -2.13. The van der Waals surface area contributed by atoms with Crippen LogP contribution in [-0.4, -0.2) is 12.5 Å². The number of hydrogen-bond acceptors (Lipinski definition) is 3. The summed E-state index contributed by atoms with van der Waals surface area (Å²) in [6.07, 6.45) is 0. The molecule has 0 saturated heterocycles. The van der Waals surface area contributed by atoms with E-state index in [-0.39, 0.29) is 24.9 Å². The highest BCUT2D eigenvalue weighted by Gasteiger charge is 2.08. The second kappa shape index (κ2) is 8.44. The number of halogens is 1. The van der Waals surface area contributed by atoms with Crippen LogP contribution < -0.4 is 15.8 Å². The number of hydrogen-bond donors (Lipinski definition) is 2. The highest BCUT2D eigenvalue weighted by atomic mass is 35.5. The zero-order valence-corrected chi connectivity index (χ0v) is 14.4. The summed E-state index contributed by atoms with van der Waals surface area (Å²) < 4.78 is 5.54. The molecular weight excluding hydrogens is 312 g/mol. The average molecular weight is 335 g/mol. The summed E-state index contributed by atoms with van der Waals surface area (Å²) in [5.74, 6) is 0.931. The van der Waals surface area contributed by atoms with Crippen LogP contribution >= 0.6 is 12.4 Å². The molecule has 0 fully saturated rings. The van der Waals surface area contributed by atoms with Crippen LogP contribution in [0.2, 0.25) is 0 Å². The number of nitrogens with two attached hydrogens (primary N) is 1. The van der Waals surface area contributed by atoms with Crippen LogP contribution in [0.1, 0.15) is 30.9 Å². The summed E-state index contributed by atoms with van der Waals surface area (Å²) in [4.78, 5) is 11.9. The molecule has 2 aromatic carbocycles. The average Bonchev–Trinajstić information content (AvgIpc) is 2.47. The second-order valence-corrected chi connectivity index (χ2v) is 5.60. The van der Waals surface area contributed by atoms with Crippen molar-refractivity contribution in [1.29, 1.82) is 0 Å². The van der Waals surface area contributed by atoms with Crippen molar-refractivity contribution in [3.8, 4) is 5.75 Å². The molecule has 0 aliphatic carbocycles. The standard InChI is InChI=1S/C18H22N2O2.ClH/c1-12(2)15-9-8-14(10-13(15)3)22-11-18(21)20-17-7-5-4-6-16(17)19;/h4-10,12H,11,19H2,1-3H3,(H,20,21);1H. The van der Waals surface area contributed by atoms with Crippen molar-refractivity contribution in [1.82, 2.24) is 0 Å². The van der Waals surface area contributed by atoms with Crippen molar-refractivity contribution >= 4 is 29.7 Å². The first-order valence-electron chi connectivity index (χ1n) is 7.35. The van der Waals surface area contributed by atoms with Gasteiger partial charge in [-0.25, -0.2) is 0 Å². The summed E-state index contributed by atoms with van der Waals surface area (Å²) in [6, 6.07) is 13.0. The van der Waals surface area contributed by atoms with E-state index in [9.17, 15) is 4.79 Å². The first-order chi connectivity index (χ1) is 10.5. The quantitative estimate of drug-likeness (QED) is 0.808. The fraction of sp³-hybridized carbons (Fsp3) is 0.278. The summed E-state index contributed by atoms with van der Waals surface area (Å²) in [6.45, 7) is 6.31. The molecule has 0 aliphatic rings. The van der Waals surface area contributed by atoms with Crippen LogP contribution in [0, 0.1) is 6.92 Å². The lowest BCUT2D eigenvalue weighted by Crippen LogP contribution is -2.20. The summed E-state index contributed by atoms with van der Waals surface area (Å²) in [5, 5.41) is 2.74. The fourth-order valence-electron chi connectivity index (χ4n) is 2.33. The largest absolute Gasteiger partial charge is 0.484 e. The van der Waals surface area contributed by atoms with Gasteiger partial charge in [0.2, 0.25) is 0 Å². The van der Waals surface area contributed by atoms with Crippen LogP contribution in [-0.2, 0) is 4.79 Å². The monoisotopic (exact) mass is 334 g/mol. The molecule has 0 saturated carbocycles. The van der Waals surface area contributed by atoms with E-state index in [1.165, 1.54) is 11.1 Å². The van der Waals surface area contributed by atoms with Gasteiger partial charge in [0, 0.05) is 0 Å². The molecule has 4 nitrogen and oxygen atoms in total. The number of nitrogen functional groups attached to an aromatic ring is 1. The minimum absolute atomic E-state index is 0. The van der Waals surface area contributed by atoms with E-state index in [0.717, 1.165) is 0 Å². The minimum atomic E-state index is -0.233. The molecule has 0 radical (unpaired) electrons. The third-order valence-corrected chi connectivity index (χ3v) is 3.47. The van der Waals surface area contributed by atoms with E-state index >= 15 is 0 Å². The molecule has 5 heteroatoms. The first-order valence-corrected chi connectivity index (χ1v) is 7.35. The SMILES string of the molecule is Cc1cc(OCC(=O)Nc2ccccc2N)ccc1C(C)C.Cl. The third-order valence-electron chi connectivity index (χ3n) is 3.47. The second-order valence-electron chi connectivity index (χ2n) is 5.60. The minimum Gasteiger partial charge on any atom is -0.484 e. The first kappa shape index (κ1) is 18.8. The molecule has 0 aliphatic heterocycles. The summed E-state index contributed by atoms with van der Waals surface area (Å²) >= 11 is 0. The van der Waals surface area contributed by atoms with Crippen molar-refractivity contribution in [2.75, 3.05) is 17.7 Å². The van der Waals surface area contributed by atoms with Crippen molar-refractivity contribution < 1.29 is 9.53 Å². The number of ether oxygens (including phenoxy) is 1. The summed E-state index contributed by atoms with van der Waals surface area (Å²) in [5.41, 5.74) is 9.37. The van der Waals surface area contributed by atoms with Gasteiger partial charge < -0.3 is 15.8 Å². The Bertz CT molecular complexity index is 672. The van der Waals surface area contributed by atoms with Gasteiger partial charge in [-0.15, -0.1) is 12.4 Å². The number of carbonyl (C=O) groups is 1. The molecule has 0 spiro atoms. The van der Waals surface area contributed by atoms with Crippen LogP contribution in [0.15, 0.2) is 42.5 Å². The van der Waals surface area contributed by atoms with Crippen LogP contribution in [0.5, 0.6) is 5.75 Å². The van der Waals surface area contributed by atoms with E-state index in [4.69, 9.17) is 10.5 Å². The zero-order chi connectivity index (χ0) is 16.1. The number of carbonyl (C=O) groups excluding carboxylic acids is 1. The molecule has 1 amide bonds. The van der Waals surface area contributed by atoms with Gasteiger partial charge >= 0.3 is 0 Å². The number of para-hydroxylation sites is 2. The fourth-order valence-corrected chi connectivity index (χ4v) is 2.33. The van der Waals surface area contributed by atoms with Gasteiger partial charge in [0.15, 0.2) is 6.61 Å². The van der Waals surface area contributed by atoms with Crippen molar-refractivity contribution in [2.45, 2.75) is 26.7 Å². The third kappa shape index (κ3) is 5.18. The molecule has 0 bridgehead atoms. The maximum atomic E-state index is 11.9. The highest BCUT2D eigenvalue weighted by molar-refractivity contribution is 5.94. The molecule has 2 rings (SSSR count). The van der Waals surface area contributed by atoms with Gasteiger partial charge in [-0.1, -0.05) is 32.0 Å². The topological polar surface area (TPSA) is 64.3 Å². The molecule has 0 unspecified atom stereocenters. The number of nitrogens with one attached hydrogen (secondary N) is 1. The molecule has 23 heavy (non-hydrogen) atoms. The van der Waals surface area contributed by atoms with Gasteiger partial charge in [-0.3, -0.25) is 4.79 Å². The van der Waals surface area contributed by atoms with Gasteiger partial charge in [0.25, 0.3) is 5.91 Å². The Kier molecular flexibility index (Phi) is 6.91. The van der Waals surface area contributed by atoms with E-state index in [2.05, 4.69) is 19.2 Å². The van der Waals surface area contributed by atoms with E-state index in [1.807, 2.05) is 37.3 Å². The Morgan fingerprint density at radius 3 is 2.52 bits per heavy atom. The molecular formula is C18H23ClN2O2. The maximum absolute atomic E-state index is 11.9. The van der Waals surface area contributed by atoms with E-state index in [1.54, 1.807) is 12.1 Å². The van der Waals surface area contributed by atoms with Gasteiger partial charge in [0.1, 0.15) is 5.75 Å². The Labute approximate surface area is 143 Å². The summed E-state index contributed by atoms with van der Waals surface area (Å²) in [7, 11) is 0. The Hall–Kier alpha value is -2.20. The van der Waals surface area contributed by atoms with Crippen LogP contribution in [0.3, 0.4) is 0 Å². The van der Waals surface area contributed by atoms with Crippen LogP contribution in [0.4, 0.5) is 11.4 Å².